The number of hydrazone groups is 1. The molecule has 1 fully saturated rings. The molecule has 0 saturated carbocycles. The highest BCUT2D eigenvalue weighted by molar-refractivity contribution is 6.34. The topological polar surface area (TPSA) is 80.7 Å². The van der Waals surface area contributed by atoms with Gasteiger partial charge in [0.25, 0.3) is 5.91 Å². The number of carbonyl (C=O) groups is 2. The number of amides is 1. The van der Waals surface area contributed by atoms with E-state index in [4.69, 9.17) is 30.9 Å². The van der Waals surface area contributed by atoms with Crippen LogP contribution in [-0.2, 0) is 14.3 Å². The van der Waals surface area contributed by atoms with Crippen molar-refractivity contribution in [3.63, 3.8) is 0 Å². The van der Waals surface area contributed by atoms with Crippen molar-refractivity contribution in [1.29, 1.82) is 0 Å². The van der Waals surface area contributed by atoms with Crippen LogP contribution in [0, 0.1) is 0 Å². The Morgan fingerprint density at radius 2 is 1.92 bits per heavy atom. The number of halogens is 1. The van der Waals surface area contributed by atoms with Crippen LogP contribution in [0.5, 0.6) is 11.5 Å². The maximum Gasteiger partial charge on any atom is 0.323 e. The molecule has 2 aliphatic heterocycles. The second kappa shape index (κ2) is 11.8. The standard InChI is InChI=1S/C27H32ClN3O5/c1-4-36-27(33)23-11-7-8-14-30(23)17-26(32)31-24(20-13-12-18(34-2)15-25(20)35-3)16-22(29-31)19-9-5-6-10-21(19)28/h5-6,9-10,12-13,15,23-24H,4,7-8,11,14,16-17H2,1-3H3. The fourth-order valence-electron chi connectivity index (χ4n) is 4.87. The van der Waals surface area contributed by atoms with Crippen molar-refractivity contribution in [2.45, 2.75) is 44.7 Å². The van der Waals surface area contributed by atoms with E-state index in [9.17, 15) is 9.59 Å². The molecule has 1 amide bonds. The lowest BCUT2D eigenvalue weighted by Gasteiger charge is -2.34. The quantitative estimate of drug-likeness (QED) is 0.485. The third-order valence-electron chi connectivity index (χ3n) is 6.66. The summed E-state index contributed by atoms with van der Waals surface area (Å²) in [6, 6.07) is 12.2. The van der Waals surface area contributed by atoms with E-state index in [0.717, 1.165) is 29.7 Å². The van der Waals surface area contributed by atoms with E-state index in [0.29, 0.717) is 42.5 Å². The fraction of sp³-hybridized carbons (Fsp3) is 0.444. The summed E-state index contributed by atoms with van der Waals surface area (Å²) in [5, 5.41) is 6.84. The van der Waals surface area contributed by atoms with E-state index in [1.807, 2.05) is 41.3 Å². The molecule has 2 aliphatic rings. The number of likely N-dealkylation sites (tertiary alicyclic amines) is 1. The van der Waals surface area contributed by atoms with Gasteiger partial charge in [0.1, 0.15) is 17.5 Å². The number of piperidine rings is 1. The van der Waals surface area contributed by atoms with Gasteiger partial charge in [0, 0.05) is 28.6 Å². The van der Waals surface area contributed by atoms with Crippen LogP contribution < -0.4 is 9.47 Å². The predicted octanol–water partition coefficient (Wildman–Crippen LogP) is 4.45. The summed E-state index contributed by atoms with van der Waals surface area (Å²) in [6.07, 6.45) is 3.00. The first-order chi connectivity index (χ1) is 17.5. The summed E-state index contributed by atoms with van der Waals surface area (Å²) < 4.78 is 16.3. The molecule has 2 heterocycles. The SMILES string of the molecule is CCOC(=O)C1CCCCN1CC(=O)N1N=C(c2ccccc2Cl)CC1c1ccc(OC)cc1OC. The van der Waals surface area contributed by atoms with Crippen molar-refractivity contribution < 1.29 is 23.8 Å². The van der Waals surface area contributed by atoms with Gasteiger partial charge in [0.2, 0.25) is 0 Å². The molecular formula is C27H32ClN3O5. The van der Waals surface area contributed by atoms with Crippen LogP contribution in [0.3, 0.4) is 0 Å². The van der Waals surface area contributed by atoms with E-state index in [1.165, 1.54) is 5.01 Å². The summed E-state index contributed by atoms with van der Waals surface area (Å²) in [6.45, 7) is 2.82. The van der Waals surface area contributed by atoms with Crippen molar-refractivity contribution >= 4 is 29.2 Å². The Morgan fingerprint density at radius 1 is 1.11 bits per heavy atom. The van der Waals surface area contributed by atoms with Crippen molar-refractivity contribution in [1.82, 2.24) is 9.91 Å². The van der Waals surface area contributed by atoms with Gasteiger partial charge in [0.15, 0.2) is 0 Å². The molecule has 2 aromatic rings. The molecule has 0 spiro atoms. The number of carbonyl (C=O) groups excluding carboxylic acids is 2. The summed E-state index contributed by atoms with van der Waals surface area (Å²) in [5.74, 6) is 0.788. The molecule has 36 heavy (non-hydrogen) atoms. The maximum atomic E-state index is 13.7. The Hall–Kier alpha value is -3.10. The average molecular weight is 514 g/mol. The minimum Gasteiger partial charge on any atom is -0.497 e. The summed E-state index contributed by atoms with van der Waals surface area (Å²) >= 11 is 6.48. The second-order valence-electron chi connectivity index (χ2n) is 8.83. The van der Waals surface area contributed by atoms with Gasteiger partial charge in [-0.25, -0.2) is 5.01 Å². The lowest BCUT2D eigenvalue weighted by molar-refractivity contribution is -0.152. The Balaban J connectivity index is 1.66. The van der Waals surface area contributed by atoms with Crippen molar-refractivity contribution in [2.24, 2.45) is 5.10 Å². The van der Waals surface area contributed by atoms with Gasteiger partial charge in [-0.2, -0.15) is 5.10 Å². The molecule has 2 atom stereocenters. The van der Waals surface area contributed by atoms with Gasteiger partial charge in [-0.1, -0.05) is 36.2 Å². The molecule has 9 heteroatoms. The number of methoxy groups -OCH3 is 2. The first kappa shape index (κ1) is 26.0. The lowest BCUT2D eigenvalue weighted by Crippen LogP contribution is -2.49. The van der Waals surface area contributed by atoms with E-state index in [1.54, 1.807) is 27.2 Å². The van der Waals surface area contributed by atoms with E-state index in [-0.39, 0.29) is 18.4 Å². The number of hydrogen-bond donors (Lipinski definition) is 0. The van der Waals surface area contributed by atoms with Crippen LogP contribution in [0.2, 0.25) is 5.02 Å². The number of hydrogen-bond acceptors (Lipinski definition) is 7. The number of nitrogens with zero attached hydrogens (tertiary/aromatic N) is 3. The van der Waals surface area contributed by atoms with Gasteiger partial charge < -0.3 is 14.2 Å². The smallest absolute Gasteiger partial charge is 0.323 e. The molecule has 0 aromatic heterocycles. The zero-order valence-electron chi connectivity index (χ0n) is 20.9. The van der Waals surface area contributed by atoms with Gasteiger partial charge in [-0.15, -0.1) is 0 Å². The van der Waals surface area contributed by atoms with E-state index >= 15 is 0 Å². The summed E-state index contributed by atoms with van der Waals surface area (Å²) in [5.41, 5.74) is 2.32. The molecule has 0 radical (unpaired) electrons. The fourth-order valence-corrected chi connectivity index (χ4v) is 5.11. The van der Waals surface area contributed by atoms with Crippen LogP contribution in [0.1, 0.15) is 49.8 Å². The zero-order valence-corrected chi connectivity index (χ0v) is 21.7. The molecule has 2 aromatic carbocycles. The number of benzene rings is 2. The molecule has 2 unspecified atom stereocenters. The third kappa shape index (κ3) is 5.50. The molecular weight excluding hydrogens is 482 g/mol. The molecule has 0 N–H and O–H groups in total. The minimum absolute atomic E-state index is 0.0672. The Labute approximate surface area is 216 Å². The minimum atomic E-state index is -0.425. The van der Waals surface area contributed by atoms with Gasteiger partial charge in [-0.3, -0.25) is 14.5 Å². The van der Waals surface area contributed by atoms with Crippen LogP contribution in [0.4, 0.5) is 0 Å². The second-order valence-corrected chi connectivity index (χ2v) is 9.23. The zero-order chi connectivity index (χ0) is 25.7. The Bertz CT molecular complexity index is 1140. The van der Waals surface area contributed by atoms with Crippen molar-refractivity contribution in [3.05, 3.63) is 58.6 Å². The number of ether oxygens (including phenoxy) is 3. The number of esters is 1. The van der Waals surface area contributed by atoms with Gasteiger partial charge >= 0.3 is 5.97 Å². The molecule has 8 nitrogen and oxygen atoms in total. The summed E-state index contributed by atoms with van der Waals surface area (Å²) in [7, 11) is 3.18. The highest BCUT2D eigenvalue weighted by atomic mass is 35.5. The molecule has 192 valence electrons. The van der Waals surface area contributed by atoms with Gasteiger partial charge in [-0.05, 0) is 44.5 Å². The third-order valence-corrected chi connectivity index (χ3v) is 6.99. The Kier molecular flexibility index (Phi) is 8.48. The largest absolute Gasteiger partial charge is 0.497 e. The molecule has 4 rings (SSSR count). The predicted molar refractivity (Wildman–Crippen MR) is 138 cm³/mol. The van der Waals surface area contributed by atoms with Gasteiger partial charge in [0.05, 0.1) is 39.1 Å². The van der Waals surface area contributed by atoms with E-state index < -0.39 is 12.1 Å². The van der Waals surface area contributed by atoms with E-state index in [2.05, 4.69) is 0 Å². The normalized spacial score (nSPS) is 20.1. The molecule has 1 saturated heterocycles. The summed E-state index contributed by atoms with van der Waals surface area (Å²) in [4.78, 5) is 28.2. The Morgan fingerprint density at radius 3 is 2.64 bits per heavy atom. The van der Waals surface area contributed by atoms with Crippen LogP contribution in [0.15, 0.2) is 47.6 Å². The van der Waals surface area contributed by atoms with Crippen LogP contribution >= 0.6 is 11.6 Å². The van der Waals surface area contributed by atoms with Crippen LogP contribution in [0.25, 0.3) is 0 Å². The van der Waals surface area contributed by atoms with Crippen molar-refractivity contribution in [2.75, 3.05) is 33.9 Å². The highest BCUT2D eigenvalue weighted by Crippen LogP contribution is 2.40. The molecule has 0 bridgehead atoms. The first-order valence-corrected chi connectivity index (χ1v) is 12.6. The average Bonchev–Trinajstić information content (AvgIpc) is 3.34. The van der Waals surface area contributed by atoms with Crippen molar-refractivity contribution in [3.8, 4) is 11.5 Å². The maximum absolute atomic E-state index is 13.7. The molecule has 0 aliphatic carbocycles. The highest BCUT2D eigenvalue weighted by Gasteiger charge is 2.38. The monoisotopic (exact) mass is 513 g/mol. The first-order valence-electron chi connectivity index (χ1n) is 12.2. The van der Waals surface area contributed by atoms with Crippen LogP contribution in [-0.4, -0.2) is 67.5 Å². The number of rotatable bonds is 8. The lowest BCUT2D eigenvalue weighted by atomic mass is 9.97.